The van der Waals surface area contributed by atoms with Gasteiger partial charge >= 0.3 is 0 Å². The molecule has 29 heavy (non-hydrogen) atoms. The van der Waals surface area contributed by atoms with Crippen LogP contribution < -0.4 is 15.4 Å². The number of hydrogen-bond acceptors (Lipinski definition) is 4. The highest BCUT2D eigenvalue weighted by molar-refractivity contribution is 6.31. The molecule has 0 unspecified atom stereocenters. The normalized spacial score (nSPS) is 10.7. The molecule has 1 amide bonds. The Labute approximate surface area is 179 Å². The number of amides is 1. The Bertz CT molecular complexity index is 1030. The Morgan fingerprint density at radius 2 is 1.97 bits per heavy atom. The van der Waals surface area contributed by atoms with E-state index < -0.39 is 0 Å². The molecule has 0 saturated heterocycles. The monoisotopic (exact) mass is 432 g/mol. The third-order valence-electron chi connectivity index (χ3n) is 4.44. The van der Waals surface area contributed by atoms with Crippen molar-refractivity contribution in [3.63, 3.8) is 0 Å². The van der Waals surface area contributed by atoms with Crippen molar-refractivity contribution in [2.75, 3.05) is 17.7 Å². The lowest BCUT2D eigenvalue weighted by Gasteiger charge is -2.12. The number of nitrogens with zero attached hydrogens (tertiary/aromatic N) is 2. The van der Waals surface area contributed by atoms with E-state index in [2.05, 4.69) is 15.7 Å². The fourth-order valence-electron chi connectivity index (χ4n) is 2.97. The Hall–Kier alpha value is -2.70. The van der Waals surface area contributed by atoms with Gasteiger partial charge in [-0.3, -0.25) is 4.79 Å². The highest BCUT2D eigenvalue weighted by Gasteiger charge is 2.15. The van der Waals surface area contributed by atoms with Crippen molar-refractivity contribution in [3.05, 3.63) is 69.5 Å². The molecule has 0 fully saturated rings. The van der Waals surface area contributed by atoms with E-state index in [1.54, 1.807) is 17.9 Å². The van der Waals surface area contributed by atoms with E-state index >= 15 is 0 Å². The van der Waals surface area contributed by atoms with Crippen LogP contribution in [0.5, 0.6) is 5.75 Å². The molecule has 1 aromatic heterocycles. The standard InChI is InChI=1S/C21H22Cl2N4O2/c1-13-17(21(23)27(26-13)12-15-6-4-5-7-18(15)22)11-24-16-8-9-19(25-14(2)28)20(10-16)29-3/h4-10,24H,11-12H2,1-3H3,(H,25,28). The van der Waals surface area contributed by atoms with Crippen molar-refractivity contribution in [1.29, 1.82) is 0 Å². The third-order valence-corrected chi connectivity index (χ3v) is 5.23. The number of rotatable bonds is 7. The summed E-state index contributed by atoms with van der Waals surface area (Å²) < 4.78 is 7.10. The number of methoxy groups -OCH3 is 1. The van der Waals surface area contributed by atoms with Gasteiger partial charge in [-0.1, -0.05) is 41.4 Å². The fraction of sp³-hybridized carbons (Fsp3) is 0.238. The first-order valence-electron chi connectivity index (χ1n) is 9.03. The summed E-state index contributed by atoms with van der Waals surface area (Å²) in [5, 5.41) is 11.9. The fourth-order valence-corrected chi connectivity index (χ4v) is 3.47. The largest absolute Gasteiger partial charge is 0.494 e. The number of carbonyl (C=O) groups excluding carboxylic acids is 1. The number of hydrogen-bond donors (Lipinski definition) is 2. The summed E-state index contributed by atoms with van der Waals surface area (Å²) in [4.78, 5) is 11.3. The number of benzene rings is 2. The lowest BCUT2D eigenvalue weighted by molar-refractivity contribution is -0.114. The van der Waals surface area contributed by atoms with E-state index in [4.69, 9.17) is 27.9 Å². The van der Waals surface area contributed by atoms with E-state index in [1.165, 1.54) is 6.92 Å². The SMILES string of the molecule is COc1cc(NCc2c(C)nn(Cc3ccccc3Cl)c2Cl)ccc1NC(C)=O. The van der Waals surface area contributed by atoms with Crippen LogP contribution in [0.1, 0.15) is 23.7 Å². The lowest BCUT2D eigenvalue weighted by atomic mass is 10.2. The van der Waals surface area contributed by atoms with E-state index in [1.807, 2.05) is 43.3 Å². The molecule has 0 aliphatic carbocycles. The van der Waals surface area contributed by atoms with Gasteiger partial charge in [-0.15, -0.1) is 0 Å². The summed E-state index contributed by atoms with van der Waals surface area (Å²) in [6, 6.07) is 13.1. The Morgan fingerprint density at radius 3 is 2.66 bits per heavy atom. The lowest BCUT2D eigenvalue weighted by Crippen LogP contribution is -2.08. The number of halogens is 2. The highest BCUT2D eigenvalue weighted by atomic mass is 35.5. The van der Waals surface area contributed by atoms with Crippen molar-refractivity contribution < 1.29 is 9.53 Å². The zero-order valence-electron chi connectivity index (χ0n) is 16.4. The molecule has 0 radical (unpaired) electrons. The quantitative estimate of drug-likeness (QED) is 0.543. The maximum Gasteiger partial charge on any atom is 0.221 e. The number of aromatic nitrogens is 2. The molecule has 0 saturated carbocycles. The average Bonchev–Trinajstić information content (AvgIpc) is 2.95. The Morgan fingerprint density at radius 1 is 1.21 bits per heavy atom. The molecule has 0 aliphatic rings. The first-order chi connectivity index (χ1) is 13.9. The predicted octanol–water partition coefficient (Wildman–Crippen LogP) is 5.13. The number of nitrogens with one attached hydrogen (secondary N) is 2. The summed E-state index contributed by atoms with van der Waals surface area (Å²) in [7, 11) is 1.56. The predicted molar refractivity (Wildman–Crippen MR) is 117 cm³/mol. The molecule has 1 heterocycles. The summed E-state index contributed by atoms with van der Waals surface area (Å²) in [5.41, 5.74) is 4.16. The van der Waals surface area contributed by atoms with E-state index in [0.717, 1.165) is 22.5 Å². The summed E-state index contributed by atoms with van der Waals surface area (Å²) in [6.07, 6.45) is 0. The number of anilines is 2. The van der Waals surface area contributed by atoms with Gasteiger partial charge in [-0.25, -0.2) is 4.68 Å². The zero-order chi connectivity index (χ0) is 21.0. The van der Waals surface area contributed by atoms with Crippen LogP contribution in [-0.4, -0.2) is 22.8 Å². The molecule has 3 aromatic rings. The van der Waals surface area contributed by atoms with Gasteiger partial charge in [0.15, 0.2) is 0 Å². The minimum atomic E-state index is -0.155. The molecular formula is C21H22Cl2N4O2. The summed E-state index contributed by atoms with van der Waals surface area (Å²) in [6.45, 7) is 4.37. The molecule has 8 heteroatoms. The number of ether oxygens (including phenoxy) is 1. The molecule has 6 nitrogen and oxygen atoms in total. The second-order valence-electron chi connectivity index (χ2n) is 6.55. The van der Waals surface area contributed by atoms with Crippen molar-refractivity contribution in [2.45, 2.75) is 26.9 Å². The van der Waals surface area contributed by atoms with Crippen molar-refractivity contribution in [2.24, 2.45) is 0 Å². The number of aryl methyl sites for hydroxylation is 1. The smallest absolute Gasteiger partial charge is 0.221 e. The maximum atomic E-state index is 11.3. The molecule has 2 N–H and O–H groups in total. The van der Waals surface area contributed by atoms with Crippen LogP contribution >= 0.6 is 23.2 Å². The Kier molecular flexibility index (Phi) is 6.67. The number of carbonyl (C=O) groups is 1. The van der Waals surface area contributed by atoms with Gasteiger partial charge < -0.3 is 15.4 Å². The highest BCUT2D eigenvalue weighted by Crippen LogP contribution is 2.29. The third kappa shape index (κ3) is 5.02. The molecule has 3 rings (SSSR count). The van der Waals surface area contributed by atoms with Crippen LogP contribution in [-0.2, 0) is 17.9 Å². The first-order valence-corrected chi connectivity index (χ1v) is 9.79. The maximum absolute atomic E-state index is 11.3. The Balaban J connectivity index is 1.75. The van der Waals surface area contributed by atoms with Crippen LogP contribution in [0.3, 0.4) is 0 Å². The van der Waals surface area contributed by atoms with Crippen LogP contribution in [0, 0.1) is 6.92 Å². The van der Waals surface area contributed by atoms with E-state index in [9.17, 15) is 4.79 Å². The molecule has 0 aliphatic heterocycles. The van der Waals surface area contributed by atoms with Crippen molar-refractivity contribution in [3.8, 4) is 5.75 Å². The molecular weight excluding hydrogens is 411 g/mol. The van der Waals surface area contributed by atoms with Crippen LogP contribution in [0.15, 0.2) is 42.5 Å². The minimum absolute atomic E-state index is 0.155. The van der Waals surface area contributed by atoms with Crippen molar-refractivity contribution in [1.82, 2.24) is 9.78 Å². The zero-order valence-corrected chi connectivity index (χ0v) is 17.9. The van der Waals surface area contributed by atoms with Crippen molar-refractivity contribution >= 4 is 40.5 Å². The first kappa shape index (κ1) is 21.0. The van der Waals surface area contributed by atoms with Gasteiger partial charge in [-0.2, -0.15) is 5.10 Å². The van der Waals surface area contributed by atoms with E-state index in [0.29, 0.717) is 34.7 Å². The van der Waals surface area contributed by atoms with Gasteiger partial charge in [0, 0.05) is 35.8 Å². The van der Waals surface area contributed by atoms with Gasteiger partial charge in [-0.05, 0) is 30.7 Å². The van der Waals surface area contributed by atoms with Gasteiger partial charge in [0.25, 0.3) is 0 Å². The second kappa shape index (κ2) is 9.20. The average molecular weight is 433 g/mol. The molecule has 0 bridgehead atoms. The van der Waals surface area contributed by atoms with E-state index in [-0.39, 0.29) is 5.91 Å². The minimum Gasteiger partial charge on any atom is -0.494 e. The summed E-state index contributed by atoms with van der Waals surface area (Å²) in [5.74, 6) is 0.416. The molecule has 152 valence electrons. The topological polar surface area (TPSA) is 68.2 Å². The van der Waals surface area contributed by atoms with Crippen LogP contribution in [0.25, 0.3) is 0 Å². The molecule has 0 atom stereocenters. The summed E-state index contributed by atoms with van der Waals surface area (Å²) >= 11 is 12.8. The molecule has 2 aromatic carbocycles. The van der Waals surface area contributed by atoms with Crippen LogP contribution in [0.2, 0.25) is 10.2 Å². The van der Waals surface area contributed by atoms with Gasteiger partial charge in [0.2, 0.25) is 5.91 Å². The van der Waals surface area contributed by atoms with Gasteiger partial charge in [0.1, 0.15) is 10.9 Å². The van der Waals surface area contributed by atoms with Gasteiger partial charge in [0.05, 0.1) is 25.0 Å². The second-order valence-corrected chi connectivity index (χ2v) is 7.32. The van der Waals surface area contributed by atoms with Crippen LogP contribution in [0.4, 0.5) is 11.4 Å². The molecule has 0 spiro atoms.